The number of carbonyl (C=O) groups excluding carboxylic acids is 2. The van der Waals surface area contributed by atoms with Crippen molar-refractivity contribution in [2.24, 2.45) is 0 Å². The first kappa shape index (κ1) is 14.0. The van der Waals surface area contributed by atoms with Gasteiger partial charge in [-0.1, -0.05) is 30.3 Å². The zero-order valence-corrected chi connectivity index (χ0v) is 12.5. The summed E-state index contributed by atoms with van der Waals surface area (Å²) >= 11 is 1.52. The van der Waals surface area contributed by atoms with E-state index in [0.717, 1.165) is 30.5 Å². The minimum atomic E-state index is 0.0325. The fraction of sp³-hybridized carbons (Fsp3) is 0.294. The Bertz CT molecular complexity index is 622. The predicted octanol–water partition coefficient (Wildman–Crippen LogP) is 3.63. The highest BCUT2D eigenvalue weighted by atomic mass is 32.1. The quantitative estimate of drug-likeness (QED) is 0.809. The van der Waals surface area contributed by atoms with E-state index in [-0.39, 0.29) is 17.7 Å². The average molecular weight is 299 g/mol. The van der Waals surface area contributed by atoms with Gasteiger partial charge in [0, 0.05) is 30.0 Å². The molecule has 1 fully saturated rings. The third-order valence-electron chi connectivity index (χ3n) is 3.92. The SMILES string of the molecule is O=C(CC1CCCN1C(=O)c1ccsc1)c1ccccc1. The monoisotopic (exact) mass is 299 g/mol. The zero-order chi connectivity index (χ0) is 14.7. The van der Waals surface area contributed by atoms with Crippen LogP contribution in [0.5, 0.6) is 0 Å². The Balaban J connectivity index is 1.70. The number of likely N-dealkylation sites (tertiary alicyclic amines) is 1. The van der Waals surface area contributed by atoms with Crippen molar-refractivity contribution >= 4 is 23.0 Å². The molecule has 3 rings (SSSR count). The molecule has 1 unspecified atom stereocenters. The average Bonchev–Trinajstić information content (AvgIpc) is 3.19. The van der Waals surface area contributed by atoms with Crippen molar-refractivity contribution in [3.8, 4) is 0 Å². The molecular weight excluding hydrogens is 282 g/mol. The summed E-state index contributed by atoms with van der Waals surface area (Å²) in [4.78, 5) is 26.6. The van der Waals surface area contributed by atoms with Crippen LogP contribution in [-0.2, 0) is 0 Å². The number of hydrogen-bond donors (Lipinski definition) is 0. The van der Waals surface area contributed by atoms with Crippen LogP contribution in [-0.4, -0.2) is 29.2 Å². The van der Waals surface area contributed by atoms with Gasteiger partial charge in [0.15, 0.2) is 5.78 Å². The van der Waals surface area contributed by atoms with Gasteiger partial charge in [-0.25, -0.2) is 0 Å². The largest absolute Gasteiger partial charge is 0.335 e. The molecule has 1 aromatic carbocycles. The molecule has 1 amide bonds. The van der Waals surface area contributed by atoms with E-state index in [0.29, 0.717) is 6.42 Å². The van der Waals surface area contributed by atoms with Crippen LogP contribution in [0.4, 0.5) is 0 Å². The van der Waals surface area contributed by atoms with Crippen LogP contribution in [0.1, 0.15) is 40.0 Å². The Labute approximate surface area is 128 Å². The van der Waals surface area contributed by atoms with Gasteiger partial charge in [-0.2, -0.15) is 11.3 Å². The topological polar surface area (TPSA) is 37.4 Å². The van der Waals surface area contributed by atoms with E-state index in [4.69, 9.17) is 0 Å². The van der Waals surface area contributed by atoms with Crippen LogP contribution in [0.25, 0.3) is 0 Å². The summed E-state index contributed by atoms with van der Waals surface area (Å²) in [5.74, 6) is 0.172. The summed E-state index contributed by atoms with van der Waals surface area (Å²) in [5.41, 5.74) is 1.46. The number of Topliss-reactive ketones (excluding diaryl/α,β-unsaturated/α-hetero) is 1. The van der Waals surface area contributed by atoms with Crippen LogP contribution in [0.3, 0.4) is 0 Å². The van der Waals surface area contributed by atoms with Crippen molar-refractivity contribution in [1.29, 1.82) is 0 Å². The minimum Gasteiger partial charge on any atom is -0.335 e. The van der Waals surface area contributed by atoms with Crippen molar-refractivity contribution in [1.82, 2.24) is 4.90 Å². The van der Waals surface area contributed by atoms with Crippen LogP contribution < -0.4 is 0 Å². The Morgan fingerprint density at radius 2 is 1.95 bits per heavy atom. The Morgan fingerprint density at radius 1 is 1.14 bits per heavy atom. The maximum absolute atomic E-state index is 12.5. The summed E-state index contributed by atoms with van der Waals surface area (Å²) in [6, 6.07) is 11.2. The maximum atomic E-state index is 12.5. The Hall–Kier alpha value is -1.94. The molecule has 1 aliphatic rings. The fourth-order valence-corrected chi connectivity index (χ4v) is 3.45. The highest BCUT2D eigenvalue weighted by Gasteiger charge is 2.31. The first-order valence-electron chi connectivity index (χ1n) is 7.17. The van der Waals surface area contributed by atoms with E-state index in [9.17, 15) is 9.59 Å². The van der Waals surface area contributed by atoms with E-state index in [1.165, 1.54) is 11.3 Å². The number of hydrogen-bond acceptors (Lipinski definition) is 3. The lowest BCUT2D eigenvalue weighted by Crippen LogP contribution is -2.36. The molecular formula is C17H17NO2S. The smallest absolute Gasteiger partial charge is 0.254 e. The van der Waals surface area contributed by atoms with Gasteiger partial charge in [-0.3, -0.25) is 9.59 Å². The number of thiophene rings is 1. The second-order valence-electron chi connectivity index (χ2n) is 5.30. The molecule has 0 spiro atoms. The van der Waals surface area contributed by atoms with Crippen molar-refractivity contribution in [3.63, 3.8) is 0 Å². The molecule has 108 valence electrons. The van der Waals surface area contributed by atoms with E-state index in [2.05, 4.69) is 0 Å². The van der Waals surface area contributed by atoms with Gasteiger partial charge in [0.2, 0.25) is 0 Å². The predicted molar refractivity (Wildman–Crippen MR) is 83.8 cm³/mol. The summed E-state index contributed by atoms with van der Waals surface area (Å²) in [6.07, 6.45) is 2.30. The van der Waals surface area contributed by atoms with Gasteiger partial charge in [-0.05, 0) is 24.3 Å². The summed E-state index contributed by atoms with van der Waals surface area (Å²) in [7, 11) is 0. The number of amides is 1. The first-order valence-corrected chi connectivity index (χ1v) is 8.11. The van der Waals surface area contributed by atoms with Gasteiger partial charge in [-0.15, -0.1) is 0 Å². The molecule has 1 aromatic heterocycles. The molecule has 1 aliphatic heterocycles. The third kappa shape index (κ3) is 3.05. The normalized spacial score (nSPS) is 17.9. The van der Waals surface area contributed by atoms with E-state index >= 15 is 0 Å². The maximum Gasteiger partial charge on any atom is 0.254 e. The first-order chi connectivity index (χ1) is 10.3. The molecule has 2 heterocycles. The lowest BCUT2D eigenvalue weighted by atomic mass is 10.0. The lowest BCUT2D eigenvalue weighted by molar-refractivity contribution is 0.0717. The number of ketones is 1. The molecule has 3 nitrogen and oxygen atoms in total. The summed E-state index contributed by atoms with van der Waals surface area (Å²) in [6.45, 7) is 0.751. The van der Waals surface area contributed by atoms with Crippen LogP contribution in [0.2, 0.25) is 0 Å². The van der Waals surface area contributed by atoms with Crippen molar-refractivity contribution in [2.75, 3.05) is 6.54 Å². The van der Waals surface area contributed by atoms with E-state index in [1.54, 1.807) is 0 Å². The van der Waals surface area contributed by atoms with Gasteiger partial charge < -0.3 is 4.90 Å². The van der Waals surface area contributed by atoms with Gasteiger partial charge in [0.1, 0.15) is 0 Å². The van der Waals surface area contributed by atoms with Gasteiger partial charge in [0.05, 0.1) is 5.56 Å². The summed E-state index contributed by atoms with van der Waals surface area (Å²) in [5, 5.41) is 3.78. The highest BCUT2D eigenvalue weighted by molar-refractivity contribution is 7.08. The molecule has 2 aromatic rings. The zero-order valence-electron chi connectivity index (χ0n) is 11.7. The highest BCUT2D eigenvalue weighted by Crippen LogP contribution is 2.24. The molecule has 0 saturated carbocycles. The summed E-state index contributed by atoms with van der Waals surface area (Å²) < 4.78 is 0. The van der Waals surface area contributed by atoms with Crippen LogP contribution in [0, 0.1) is 0 Å². The van der Waals surface area contributed by atoms with Crippen molar-refractivity contribution in [2.45, 2.75) is 25.3 Å². The van der Waals surface area contributed by atoms with Crippen molar-refractivity contribution < 1.29 is 9.59 Å². The Morgan fingerprint density at radius 3 is 2.67 bits per heavy atom. The molecule has 21 heavy (non-hydrogen) atoms. The second-order valence-corrected chi connectivity index (χ2v) is 6.08. The molecule has 0 radical (unpaired) electrons. The standard InChI is InChI=1S/C17H17NO2S/c19-16(13-5-2-1-3-6-13)11-15-7-4-9-18(15)17(20)14-8-10-21-12-14/h1-3,5-6,8,10,12,15H,4,7,9,11H2. The fourth-order valence-electron chi connectivity index (χ4n) is 2.82. The van der Waals surface area contributed by atoms with Crippen LogP contribution >= 0.6 is 11.3 Å². The molecule has 0 bridgehead atoms. The van der Waals surface area contributed by atoms with E-state index in [1.807, 2.05) is 52.1 Å². The van der Waals surface area contributed by atoms with E-state index < -0.39 is 0 Å². The third-order valence-corrected chi connectivity index (χ3v) is 4.61. The van der Waals surface area contributed by atoms with Crippen LogP contribution in [0.15, 0.2) is 47.2 Å². The minimum absolute atomic E-state index is 0.0325. The lowest BCUT2D eigenvalue weighted by Gasteiger charge is -2.24. The van der Waals surface area contributed by atoms with Gasteiger partial charge in [0.25, 0.3) is 5.91 Å². The molecule has 4 heteroatoms. The second kappa shape index (κ2) is 6.22. The molecule has 0 N–H and O–H groups in total. The Kier molecular flexibility index (Phi) is 4.15. The van der Waals surface area contributed by atoms with Gasteiger partial charge >= 0.3 is 0 Å². The molecule has 1 atom stereocenters. The number of rotatable bonds is 4. The van der Waals surface area contributed by atoms with Crippen molar-refractivity contribution in [3.05, 3.63) is 58.3 Å². The number of nitrogens with zero attached hydrogens (tertiary/aromatic N) is 1. The molecule has 1 saturated heterocycles. The molecule has 0 aliphatic carbocycles. The number of carbonyl (C=O) groups is 2. The number of benzene rings is 1.